The highest BCUT2D eigenvalue weighted by molar-refractivity contribution is 7.89. The first kappa shape index (κ1) is 20.9. The molecule has 1 fully saturated rings. The number of amides is 1. The fourth-order valence-electron chi connectivity index (χ4n) is 3.03. The van der Waals surface area contributed by atoms with Crippen molar-refractivity contribution in [1.82, 2.24) is 19.2 Å². The number of morpholine rings is 1. The first-order chi connectivity index (χ1) is 13.3. The highest BCUT2D eigenvalue weighted by Crippen LogP contribution is 2.33. The van der Waals surface area contributed by atoms with Crippen molar-refractivity contribution >= 4 is 37.5 Å². The summed E-state index contributed by atoms with van der Waals surface area (Å²) in [7, 11) is -3.86. The van der Waals surface area contributed by atoms with Crippen LogP contribution in [0.4, 0.5) is 0 Å². The predicted molar refractivity (Wildman–Crippen MR) is 106 cm³/mol. The van der Waals surface area contributed by atoms with E-state index in [-0.39, 0.29) is 41.9 Å². The van der Waals surface area contributed by atoms with E-state index in [9.17, 15) is 18.0 Å². The van der Waals surface area contributed by atoms with E-state index in [1.807, 2.05) is 13.8 Å². The molecule has 0 spiro atoms. The maximum Gasteiger partial charge on any atom is 0.263 e. The van der Waals surface area contributed by atoms with Crippen molar-refractivity contribution in [2.24, 2.45) is 0 Å². The number of carbonyl (C=O) groups is 1. The molecule has 1 aliphatic rings. The molecule has 1 unspecified atom stereocenters. The number of sulfonamides is 1. The van der Waals surface area contributed by atoms with Crippen molar-refractivity contribution in [3.05, 3.63) is 21.6 Å². The van der Waals surface area contributed by atoms with Gasteiger partial charge in [-0.15, -0.1) is 11.3 Å². The van der Waals surface area contributed by atoms with Crippen LogP contribution in [0, 0.1) is 6.92 Å². The molecule has 1 aliphatic heterocycles. The Labute approximate surface area is 167 Å². The van der Waals surface area contributed by atoms with E-state index in [1.165, 1.54) is 10.6 Å². The Kier molecular flexibility index (Phi) is 6.18. The van der Waals surface area contributed by atoms with Crippen LogP contribution in [0.3, 0.4) is 0 Å². The zero-order valence-corrected chi connectivity index (χ0v) is 17.7. The molecule has 1 atom stereocenters. The monoisotopic (exact) mass is 428 g/mol. The van der Waals surface area contributed by atoms with E-state index < -0.39 is 15.6 Å². The number of fused-ring (bicyclic) bond motifs is 1. The fourth-order valence-corrected chi connectivity index (χ4v) is 6.10. The Morgan fingerprint density at radius 3 is 2.71 bits per heavy atom. The zero-order chi connectivity index (χ0) is 20.5. The second-order valence-corrected chi connectivity index (χ2v) is 9.82. The first-order valence-electron chi connectivity index (χ1n) is 9.11. The number of aromatic nitrogens is 2. The van der Waals surface area contributed by atoms with Crippen molar-refractivity contribution in [2.75, 3.05) is 26.3 Å². The number of nitrogens with one attached hydrogen (secondary N) is 1. The van der Waals surface area contributed by atoms with Gasteiger partial charge in [-0.25, -0.2) is 13.4 Å². The van der Waals surface area contributed by atoms with Crippen molar-refractivity contribution in [3.63, 3.8) is 0 Å². The lowest BCUT2D eigenvalue weighted by Gasteiger charge is -2.26. The number of aryl methyl sites for hydroxylation is 1. The van der Waals surface area contributed by atoms with E-state index in [4.69, 9.17) is 4.74 Å². The number of nitrogens with zero attached hydrogens (tertiary/aromatic N) is 3. The molecule has 0 radical (unpaired) electrons. The van der Waals surface area contributed by atoms with Gasteiger partial charge in [0.25, 0.3) is 5.56 Å². The second-order valence-electron chi connectivity index (χ2n) is 6.74. The van der Waals surface area contributed by atoms with Crippen LogP contribution in [0.5, 0.6) is 0 Å². The van der Waals surface area contributed by atoms with Crippen molar-refractivity contribution in [3.8, 4) is 0 Å². The number of rotatable bonds is 6. The Morgan fingerprint density at radius 2 is 2.07 bits per heavy atom. The minimum absolute atomic E-state index is 0.0106. The second kappa shape index (κ2) is 8.27. The Bertz CT molecular complexity index is 1040. The molecule has 28 heavy (non-hydrogen) atoms. The van der Waals surface area contributed by atoms with Gasteiger partial charge < -0.3 is 10.1 Å². The highest BCUT2D eigenvalue weighted by Gasteiger charge is 2.32. The lowest BCUT2D eigenvalue weighted by molar-refractivity contribution is -0.122. The fraction of sp³-hybridized carbons (Fsp3) is 0.588. The molecule has 154 valence electrons. The number of carbonyl (C=O) groups excluding carboxylic acids is 1. The van der Waals surface area contributed by atoms with Gasteiger partial charge in [0, 0.05) is 24.0 Å². The summed E-state index contributed by atoms with van der Waals surface area (Å²) >= 11 is 1.16. The van der Waals surface area contributed by atoms with Gasteiger partial charge in [0.2, 0.25) is 15.9 Å². The van der Waals surface area contributed by atoms with Gasteiger partial charge in [0.15, 0.2) is 0 Å². The molecule has 0 aliphatic carbocycles. The normalized spacial score (nSPS) is 17.0. The standard InChI is InChI=1S/C17H24N4O5S2/c1-4-11(2)19-13(22)9-20-10-18-16-14(17(20)23)15(12(3)27-16)28(24,25)21-5-7-26-8-6-21/h10-11H,4-9H2,1-3H3,(H,19,22). The van der Waals surface area contributed by atoms with Gasteiger partial charge in [0.05, 0.1) is 24.9 Å². The SMILES string of the molecule is CCC(C)NC(=O)Cn1cnc2sc(C)c(S(=O)(=O)N3CCOCC3)c2c1=O. The molecule has 1 amide bonds. The first-order valence-corrected chi connectivity index (χ1v) is 11.4. The third kappa shape index (κ3) is 3.97. The summed E-state index contributed by atoms with van der Waals surface area (Å²) in [6, 6.07) is -0.0134. The van der Waals surface area contributed by atoms with Crippen molar-refractivity contribution in [1.29, 1.82) is 0 Å². The van der Waals surface area contributed by atoms with Crippen LogP contribution in [0.2, 0.25) is 0 Å². The topological polar surface area (TPSA) is 111 Å². The summed E-state index contributed by atoms with van der Waals surface area (Å²) in [4.78, 5) is 30.3. The van der Waals surface area contributed by atoms with Crippen LogP contribution in [-0.2, 0) is 26.1 Å². The summed E-state index contributed by atoms with van der Waals surface area (Å²) in [5, 5.41) is 2.84. The summed E-state index contributed by atoms with van der Waals surface area (Å²) in [6.45, 7) is 6.39. The predicted octanol–water partition coefficient (Wildman–Crippen LogP) is 0.702. The molecule has 0 aromatic carbocycles. The van der Waals surface area contributed by atoms with Crippen LogP contribution in [0.1, 0.15) is 25.1 Å². The van der Waals surface area contributed by atoms with Crippen LogP contribution in [0.25, 0.3) is 10.2 Å². The lowest BCUT2D eigenvalue weighted by Crippen LogP contribution is -2.41. The van der Waals surface area contributed by atoms with E-state index in [0.717, 1.165) is 22.3 Å². The molecule has 3 heterocycles. The summed E-state index contributed by atoms with van der Waals surface area (Å²) in [5.41, 5.74) is -0.527. The Balaban J connectivity index is 2.04. The average Bonchev–Trinajstić information content (AvgIpc) is 3.02. The molecular formula is C17H24N4O5S2. The highest BCUT2D eigenvalue weighted by atomic mass is 32.2. The molecule has 2 aromatic heterocycles. The van der Waals surface area contributed by atoms with Gasteiger partial charge in [-0.1, -0.05) is 6.92 Å². The van der Waals surface area contributed by atoms with E-state index in [2.05, 4.69) is 10.3 Å². The van der Waals surface area contributed by atoms with E-state index in [1.54, 1.807) is 6.92 Å². The third-order valence-corrected chi connectivity index (χ3v) is 7.91. The van der Waals surface area contributed by atoms with Crippen molar-refractivity contribution in [2.45, 2.75) is 44.7 Å². The molecule has 9 nitrogen and oxygen atoms in total. The molecule has 1 N–H and O–H groups in total. The largest absolute Gasteiger partial charge is 0.379 e. The van der Waals surface area contributed by atoms with Crippen LogP contribution in [0.15, 0.2) is 16.0 Å². The zero-order valence-electron chi connectivity index (χ0n) is 16.1. The third-order valence-electron chi connectivity index (χ3n) is 4.70. The van der Waals surface area contributed by atoms with Crippen LogP contribution >= 0.6 is 11.3 Å². The number of hydrogen-bond donors (Lipinski definition) is 1. The Morgan fingerprint density at radius 1 is 1.39 bits per heavy atom. The van der Waals surface area contributed by atoms with Crippen LogP contribution < -0.4 is 10.9 Å². The lowest BCUT2D eigenvalue weighted by atomic mass is 10.2. The average molecular weight is 429 g/mol. The van der Waals surface area contributed by atoms with Gasteiger partial charge in [-0.2, -0.15) is 4.31 Å². The Hall–Kier alpha value is -1.82. The smallest absolute Gasteiger partial charge is 0.263 e. The molecule has 0 saturated carbocycles. The minimum Gasteiger partial charge on any atom is -0.379 e. The van der Waals surface area contributed by atoms with Gasteiger partial charge in [0.1, 0.15) is 16.3 Å². The number of hydrogen-bond acceptors (Lipinski definition) is 7. The molecule has 0 bridgehead atoms. The maximum absolute atomic E-state index is 13.2. The molecule has 11 heteroatoms. The molecular weight excluding hydrogens is 404 g/mol. The van der Waals surface area contributed by atoms with Gasteiger partial charge in [-0.3, -0.25) is 14.2 Å². The van der Waals surface area contributed by atoms with E-state index >= 15 is 0 Å². The number of ether oxygens (including phenoxy) is 1. The van der Waals surface area contributed by atoms with E-state index in [0.29, 0.717) is 22.9 Å². The summed E-state index contributed by atoms with van der Waals surface area (Å²) in [5.74, 6) is -0.317. The molecule has 2 aromatic rings. The number of thiophene rings is 1. The van der Waals surface area contributed by atoms with Gasteiger partial charge in [-0.05, 0) is 20.3 Å². The maximum atomic E-state index is 13.2. The minimum atomic E-state index is -3.86. The quantitative estimate of drug-likeness (QED) is 0.725. The van der Waals surface area contributed by atoms with Crippen molar-refractivity contribution < 1.29 is 17.9 Å². The molecule has 3 rings (SSSR count). The summed E-state index contributed by atoms with van der Waals surface area (Å²) in [6.07, 6.45) is 2.06. The summed E-state index contributed by atoms with van der Waals surface area (Å²) < 4.78 is 34.1. The van der Waals surface area contributed by atoms with Gasteiger partial charge >= 0.3 is 0 Å². The van der Waals surface area contributed by atoms with Crippen LogP contribution in [-0.4, -0.2) is 60.5 Å². The molecule has 1 saturated heterocycles.